The Morgan fingerprint density at radius 3 is 2.83 bits per heavy atom. The van der Waals surface area contributed by atoms with Gasteiger partial charge in [0.05, 0.1) is 32.6 Å². The molecule has 1 unspecified atom stereocenters. The first-order valence-corrected chi connectivity index (χ1v) is 12.4. The molecule has 35 heavy (non-hydrogen) atoms. The van der Waals surface area contributed by atoms with Crippen LogP contribution in [-0.4, -0.2) is 61.5 Å². The Bertz CT molecular complexity index is 970. The number of amides is 1. The van der Waals surface area contributed by atoms with Crippen molar-refractivity contribution in [1.29, 1.82) is 0 Å². The zero-order chi connectivity index (χ0) is 24.6. The van der Waals surface area contributed by atoms with Crippen LogP contribution in [0.4, 0.5) is 5.69 Å². The number of benzene rings is 1. The number of ether oxygens (including phenoxy) is 3. The van der Waals surface area contributed by atoms with Crippen LogP contribution < -0.4 is 14.4 Å². The highest BCUT2D eigenvalue weighted by Gasteiger charge is 2.32. The highest BCUT2D eigenvalue weighted by Crippen LogP contribution is 2.41. The lowest BCUT2D eigenvalue weighted by molar-refractivity contribution is -0.134. The van der Waals surface area contributed by atoms with Crippen LogP contribution in [0.25, 0.3) is 0 Å². The van der Waals surface area contributed by atoms with E-state index in [4.69, 9.17) is 18.6 Å². The lowest BCUT2D eigenvalue weighted by Gasteiger charge is -2.37. The van der Waals surface area contributed by atoms with Crippen LogP contribution in [0.15, 0.2) is 47.6 Å². The van der Waals surface area contributed by atoms with Crippen LogP contribution in [-0.2, 0) is 22.7 Å². The number of carbonyl (C=O) groups is 1. The number of hydrogen-bond acceptors (Lipinski definition) is 7. The van der Waals surface area contributed by atoms with Crippen molar-refractivity contribution in [2.24, 2.45) is 0 Å². The number of hydrogen-bond donors (Lipinski definition) is 1. The van der Waals surface area contributed by atoms with Gasteiger partial charge in [-0.05, 0) is 37.1 Å². The molecule has 2 aromatic rings. The molecule has 0 bridgehead atoms. The highest BCUT2D eigenvalue weighted by molar-refractivity contribution is 5.79. The molecule has 1 aromatic carbocycles. The smallest absolute Gasteiger partial charge is 0.224 e. The molecular formula is C27H36N2O6. The predicted molar refractivity (Wildman–Crippen MR) is 133 cm³/mol. The zero-order valence-corrected chi connectivity index (χ0v) is 20.5. The standard InChI is InChI=1S/C27H36N2O6/c1-3-14-35-27-23-17-29(20-7-4-5-8-20)26(31)12-13-28(24(23)10-11-25(27)32-2)16-21(30)18-33-19-22-9-6-15-34-22/h3,6,9-11,15,20-21,30H,1,4-5,7-8,12-14,16-19H2,2H3. The van der Waals surface area contributed by atoms with Crippen LogP contribution >= 0.6 is 0 Å². The molecule has 1 N–H and O–H groups in total. The van der Waals surface area contributed by atoms with E-state index >= 15 is 0 Å². The molecule has 1 saturated carbocycles. The Hall–Kier alpha value is -2.97. The molecule has 0 saturated heterocycles. The van der Waals surface area contributed by atoms with E-state index in [-0.39, 0.29) is 18.6 Å². The number of aliphatic hydroxyl groups is 1. The average Bonchev–Trinajstić information content (AvgIpc) is 3.57. The van der Waals surface area contributed by atoms with Gasteiger partial charge < -0.3 is 33.5 Å². The number of methoxy groups -OCH3 is 1. The first kappa shape index (κ1) is 25.1. The Labute approximate surface area is 207 Å². The summed E-state index contributed by atoms with van der Waals surface area (Å²) in [5.74, 6) is 2.08. The lowest BCUT2D eigenvalue weighted by Crippen LogP contribution is -2.44. The van der Waals surface area contributed by atoms with Crippen molar-refractivity contribution < 1.29 is 28.5 Å². The van der Waals surface area contributed by atoms with E-state index in [1.807, 2.05) is 23.1 Å². The van der Waals surface area contributed by atoms with Crippen molar-refractivity contribution in [3.8, 4) is 11.5 Å². The van der Waals surface area contributed by atoms with E-state index in [2.05, 4.69) is 11.5 Å². The molecule has 0 radical (unpaired) electrons. The van der Waals surface area contributed by atoms with E-state index < -0.39 is 6.10 Å². The Morgan fingerprint density at radius 2 is 2.11 bits per heavy atom. The molecule has 1 aliphatic carbocycles. The largest absolute Gasteiger partial charge is 0.493 e. The van der Waals surface area contributed by atoms with E-state index in [1.54, 1.807) is 25.5 Å². The fourth-order valence-corrected chi connectivity index (χ4v) is 5.00. The zero-order valence-electron chi connectivity index (χ0n) is 20.5. The Kier molecular flexibility index (Phi) is 8.71. The second-order valence-electron chi connectivity index (χ2n) is 9.10. The van der Waals surface area contributed by atoms with Gasteiger partial charge in [-0.15, -0.1) is 0 Å². The van der Waals surface area contributed by atoms with Crippen molar-refractivity contribution in [2.45, 2.75) is 57.4 Å². The van der Waals surface area contributed by atoms with Gasteiger partial charge in [0.25, 0.3) is 0 Å². The highest BCUT2D eigenvalue weighted by atomic mass is 16.5. The predicted octanol–water partition coefficient (Wildman–Crippen LogP) is 3.91. The minimum Gasteiger partial charge on any atom is -0.493 e. The third-order valence-electron chi connectivity index (χ3n) is 6.68. The summed E-state index contributed by atoms with van der Waals surface area (Å²) in [6.07, 6.45) is 7.30. The molecular weight excluding hydrogens is 448 g/mol. The summed E-state index contributed by atoms with van der Waals surface area (Å²) in [4.78, 5) is 17.4. The number of anilines is 1. The number of rotatable bonds is 11. The number of aliphatic hydroxyl groups excluding tert-OH is 1. The number of nitrogens with zero attached hydrogens (tertiary/aromatic N) is 2. The van der Waals surface area contributed by atoms with Crippen LogP contribution in [0.2, 0.25) is 0 Å². The maximum Gasteiger partial charge on any atom is 0.224 e. The molecule has 8 nitrogen and oxygen atoms in total. The first-order chi connectivity index (χ1) is 17.1. The molecule has 2 aliphatic rings. The third-order valence-corrected chi connectivity index (χ3v) is 6.68. The van der Waals surface area contributed by atoms with Gasteiger partial charge in [0.2, 0.25) is 5.91 Å². The van der Waals surface area contributed by atoms with E-state index in [1.165, 1.54) is 0 Å². The minimum atomic E-state index is -0.738. The van der Waals surface area contributed by atoms with Crippen LogP contribution in [0.5, 0.6) is 11.5 Å². The van der Waals surface area contributed by atoms with Crippen LogP contribution in [0, 0.1) is 0 Å². The molecule has 1 fully saturated rings. The quantitative estimate of drug-likeness (QED) is 0.484. The fraction of sp³-hybridized carbons (Fsp3) is 0.519. The minimum absolute atomic E-state index is 0.133. The van der Waals surface area contributed by atoms with Gasteiger partial charge >= 0.3 is 0 Å². The van der Waals surface area contributed by atoms with E-state index in [0.29, 0.717) is 56.5 Å². The second kappa shape index (κ2) is 12.1. The molecule has 1 amide bonds. The fourth-order valence-electron chi connectivity index (χ4n) is 5.00. The Balaban J connectivity index is 1.58. The maximum absolute atomic E-state index is 13.3. The summed E-state index contributed by atoms with van der Waals surface area (Å²) < 4.78 is 22.6. The van der Waals surface area contributed by atoms with Crippen molar-refractivity contribution in [1.82, 2.24) is 4.90 Å². The summed E-state index contributed by atoms with van der Waals surface area (Å²) in [6, 6.07) is 7.77. The van der Waals surface area contributed by atoms with E-state index in [9.17, 15) is 9.90 Å². The monoisotopic (exact) mass is 484 g/mol. The number of carbonyl (C=O) groups excluding carboxylic acids is 1. The number of fused-ring (bicyclic) bond motifs is 1. The summed E-state index contributed by atoms with van der Waals surface area (Å²) in [5.41, 5.74) is 1.83. The van der Waals surface area contributed by atoms with Crippen molar-refractivity contribution in [3.05, 3.63) is 54.5 Å². The molecule has 1 aromatic heterocycles. The summed E-state index contributed by atoms with van der Waals surface area (Å²) in [5, 5.41) is 10.8. The number of furan rings is 1. The van der Waals surface area contributed by atoms with Gasteiger partial charge in [0.15, 0.2) is 11.5 Å². The van der Waals surface area contributed by atoms with Gasteiger partial charge in [0.1, 0.15) is 19.0 Å². The average molecular weight is 485 g/mol. The van der Waals surface area contributed by atoms with Crippen LogP contribution in [0.1, 0.15) is 43.4 Å². The molecule has 1 atom stereocenters. The normalized spacial score (nSPS) is 17.6. The molecule has 4 rings (SSSR count). The van der Waals surface area contributed by atoms with Gasteiger partial charge in [-0.25, -0.2) is 0 Å². The molecule has 2 heterocycles. The third kappa shape index (κ3) is 6.18. The second-order valence-corrected chi connectivity index (χ2v) is 9.10. The molecule has 8 heteroatoms. The Morgan fingerprint density at radius 1 is 1.29 bits per heavy atom. The van der Waals surface area contributed by atoms with Gasteiger partial charge in [-0.1, -0.05) is 25.5 Å². The van der Waals surface area contributed by atoms with Crippen LogP contribution in [0.3, 0.4) is 0 Å². The van der Waals surface area contributed by atoms with E-state index in [0.717, 1.165) is 36.9 Å². The van der Waals surface area contributed by atoms with Gasteiger partial charge in [0, 0.05) is 36.8 Å². The summed E-state index contributed by atoms with van der Waals surface area (Å²) in [7, 11) is 1.61. The summed E-state index contributed by atoms with van der Waals surface area (Å²) in [6.45, 7) is 5.83. The molecule has 1 aliphatic heterocycles. The summed E-state index contributed by atoms with van der Waals surface area (Å²) >= 11 is 0. The van der Waals surface area contributed by atoms with Crippen molar-refractivity contribution in [2.75, 3.05) is 38.3 Å². The first-order valence-electron chi connectivity index (χ1n) is 12.4. The van der Waals surface area contributed by atoms with Crippen molar-refractivity contribution in [3.63, 3.8) is 0 Å². The SMILES string of the molecule is C=CCOc1c(OC)ccc2c1CN(C1CCCC1)C(=O)CCN2CC(O)COCc1ccco1. The molecule has 0 spiro atoms. The van der Waals surface area contributed by atoms with Crippen molar-refractivity contribution >= 4 is 11.6 Å². The lowest BCUT2D eigenvalue weighted by atomic mass is 10.0. The van der Waals surface area contributed by atoms with Gasteiger partial charge in [-0.3, -0.25) is 4.79 Å². The van der Waals surface area contributed by atoms with Gasteiger partial charge in [-0.2, -0.15) is 0 Å². The molecule has 190 valence electrons. The maximum atomic E-state index is 13.3. The number of β-amino-alcohol motifs (C(OH)–C–C–N with tert-alkyl or cyclic N) is 1. The topological polar surface area (TPSA) is 84.6 Å².